The Morgan fingerprint density at radius 3 is 2.04 bits per heavy atom. The van der Waals surface area contributed by atoms with Gasteiger partial charge in [0, 0.05) is 30.8 Å². The van der Waals surface area contributed by atoms with Crippen LogP contribution in [-0.4, -0.2) is 194 Å². The van der Waals surface area contributed by atoms with E-state index in [1.54, 1.807) is 34.6 Å². The highest BCUT2D eigenvalue weighted by Crippen LogP contribution is 2.59. The molecule has 5 aliphatic heterocycles. The third kappa shape index (κ3) is 19.1. The van der Waals surface area contributed by atoms with E-state index >= 15 is 19.2 Å². The van der Waals surface area contributed by atoms with Crippen molar-refractivity contribution in [1.29, 1.82) is 0 Å². The number of halogens is 2. The molecule has 18 N–H and O–H groups in total. The van der Waals surface area contributed by atoms with E-state index in [-0.39, 0.29) is 102 Å². The molecule has 0 radical (unpaired) electrons. The number of primary amides is 1. The fraction of sp³-hybridized carbons (Fsp3) is 0.476. The number of aliphatic hydroxyl groups is 8. The zero-order valence-electron chi connectivity index (χ0n) is 67.0. The molecule has 5 aliphatic carbocycles. The monoisotopic (exact) mass is 1740 g/mol. The SMILES string of the molecule is CCCCOc1ccc(S(=O)(=O)NC(=O)CC2NC(=O)C(NC(=O)C(CC(C)C)N(C)C(=O)OC(C)(C)C)C(O)c3ccc(c(Cl)c3)Oc3cc4cc(c3OC3OC(CO)C(O)C(O)C3O)Oc3ccc(cc3Cl)C(O)CC(=O)NC(C(=O)NC3C5CC6CC(C5)C3C6)c3cc(O)cc5c3-c3cc(ccc3C5(O)O)C(C(N)=O)NCC4NC2=O)cc1. The molecule has 6 aromatic carbocycles. The second-order valence-corrected chi connectivity index (χ2v) is 35.9. The molecule has 121 heavy (non-hydrogen) atoms. The molecular formula is C84H99Cl2N9O25S. The highest BCUT2D eigenvalue weighted by molar-refractivity contribution is 7.90. The van der Waals surface area contributed by atoms with Gasteiger partial charge in [0.25, 0.3) is 10.0 Å². The largest absolute Gasteiger partial charge is 0.508 e. The predicted octanol–water partition coefficient (Wildman–Crippen LogP) is 5.12. The molecule has 0 spiro atoms. The number of aliphatic hydroxyl groups excluding tert-OH is 6. The molecule has 18 atom stereocenters. The summed E-state index contributed by atoms with van der Waals surface area (Å²) < 4.78 is 67.4. The number of carbonyl (C=O) groups is 8. The topological polar surface area (TPSA) is 522 Å². The van der Waals surface area contributed by atoms with Crippen LogP contribution in [0.3, 0.4) is 0 Å². The van der Waals surface area contributed by atoms with Crippen molar-refractivity contribution in [2.24, 2.45) is 35.3 Å². The minimum absolute atomic E-state index is 0.0204. The van der Waals surface area contributed by atoms with E-state index in [1.165, 1.54) is 73.8 Å². The van der Waals surface area contributed by atoms with Crippen LogP contribution in [0, 0.1) is 29.6 Å². The normalized spacial score (nSPS) is 27.0. The fourth-order valence-corrected chi connectivity index (χ4v) is 18.7. The van der Waals surface area contributed by atoms with Gasteiger partial charge in [0.15, 0.2) is 11.5 Å². The molecule has 0 aromatic heterocycles. The van der Waals surface area contributed by atoms with Gasteiger partial charge < -0.3 is 107 Å². The lowest BCUT2D eigenvalue weighted by Crippen LogP contribution is -2.60. The van der Waals surface area contributed by atoms with Gasteiger partial charge in [-0.15, -0.1) is 0 Å². The number of hydrogen-bond acceptors (Lipinski definition) is 26. The standard InChI is InChI=1S/C84H99Cl2N9O25S/c1-8-9-20-115-46-13-15-47(16-14-46)121(113,114)94-65(100)33-55-77(106)90-56-35-88-68(76(87)105)40-10-17-51-49(26-40)66-50(31-45(97)32-52(66)84(51,111)112)69(79(108)92-67-44-23-38-22-42(25-44)48(67)24-38)91-64(99)34-58(98)39-11-18-59(53(85)27-39)116-61-29-43(56)30-62(75(61)119-81-74(104)73(103)72(102)63(36-96)118-81)117-60-19-12-41(28-54(60)86)71(101)70(80(109)89-55)93-78(107)57(21-37(2)3)95(7)82(110)120-83(4,5)6/h10-19,26-32,37-38,42,44,48,55-58,63,67-74,81,88,96-98,101-104,111-112H,8-9,20-25,33-36H2,1-7H3,(H2,87,105)(H,89,109)(H,90,106)(H,91,99)(H,92,108)(H,93,107)(H,94,100). The Hall–Kier alpha value is -9.99. The van der Waals surface area contributed by atoms with E-state index in [0.29, 0.717) is 30.6 Å². The Kier molecular flexibility index (Phi) is 26.3. The molecular weight excluding hydrogens is 1640 g/mol. The summed E-state index contributed by atoms with van der Waals surface area (Å²) >= 11 is 14.3. The summed E-state index contributed by atoms with van der Waals surface area (Å²) in [7, 11) is -3.60. The summed E-state index contributed by atoms with van der Waals surface area (Å²) in [4.78, 5) is 120. The quantitative estimate of drug-likeness (QED) is 0.0369. The number of nitrogens with two attached hydrogens (primary N) is 1. The molecule has 13 bridgehead atoms. The molecule has 34 nitrogen and oxygen atoms in total. The summed E-state index contributed by atoms with van der Waals surface area (Å²) in [5.41, 5.74) is 3.82. The highest BCUT2D eigenvalue weighted by atomic mass is 35.5. The molecule has 16 rings (SSSR count). The molecule has 650 valence electrons. The fourth-order valence-electron chi connectivity index (χ4n) is 17.2. The zero-order chi connectivity index (χ0) is 87.3. The average molecular weight is 1740 g/mol. The number of nitrogens with zero attached hydrogens (tertiary/aromatic N) is 1. The van der Waals surface area contributed by atoms with Crippen molar-refractivity contribution in [3.63, 3.8) is 0 Å². The van der Waals surface area contributed by atoms with Crippen LogP contribution < -0.4 is 61.3 Å². The van der Waals surface area contributed by atoms with Gasteiger partial charge in [0.05, 0.1) is 53.1 Å². The number of hydrogen-bond donors (Lipinski definition) is 17. The van der Waals surface area contributed by atoms with Gasteiger partial charge in [-0.3, -0.25) is 43.8 Å². The number of phenolic OH excluding ortho intramolecular Hbond substituents is 1. The van der Waals surface area contributed by atoms with Gasteiger partial charge in [0.1, 0.15) is 89.3 Å². The Morgan fingerprint density at radius 2 is 1.40 bits per heavy atom. The average Bonchev–Trinajstić information content (AvgIpc) is 1.55. The first-order valence-electron chi connectivity index (χ1n) is 39.9. The number of nitrogens with one attached hydrogen (secondary N) is 7. The van der Waals surface area contributed by atoms with Crippen LogP contribution in [-0.2, 0) is 58.8 Å². The van der Waals surface area contributed by atoms with Crippen LogP contribution >= 0.6 is 23.2 Å². The van der Waals surface area contributed by atoms with Crippen LogP contribution in [0.1, 0.15) is 169 Å². The number of amides is 8. The summed E-state index contributed by atoms with van der Waals surface area (Å²) in [5, 5.41) is 121. The Labute approximate surface area is 706 Å². The summed E-state index contributed by atoms with van der Waals surface area (Å²) in [6.45, 7) is 8.77. The van der Waals surface area contributed by atoms with Crippen molar-refractivity contribution in [3.8, 4) is 51.4 Å². The number of benzene rings is 6. The Morgan fingerprint density at radius 1 is 0.744 bits per heavy atom. The minimum Gasteiger partial charge on any atom is -0.508 e. The molecule has 4 saturated carbocycles. The molecule has 6 aromatic rings. The highest BCUT2D eigenvalue weighted by Gasteiger charge is 2.55. The van der Waals surface area contributed by atoms with E-state index in [1.807, 2.05) is 11.6 Å². The van der Waals surface area contributed by atoms with Gasteiger partial charge >= 0.3 is 6.09 Å². The van der Waals surface area contributed by atoms with Crippen LogP contribution in [0.15, 0.2) is 108 Å². The number of sulfonamides is 1. The predicted molar refractivity (Wildman–Crippen MR) is 431 cm³/mol. The number of ether oxygens (including phenoxy) is 6. The van der Waals surface area contributed by atoms with E-state index in [0.717, 1.165) is 73.4 Å². The van der Waals surface area contributed by atoms with Crippen LogP contribution in [0.4, 0.5) is 4.79 Å². The maximum absolute atomic E-state index is 16.1. The lowest BCUT2D eigenvalue weighted by molar-refractivity contribution is -0.277. The number of carbonyl (C=O) groups excluding carboxylic acids is 8. The van der Waals surface area contributed by atoms with Gasteiger partial charge in [-0.1, -0.05) is 74.7 Å². The van der Waals surface area contributed by atoms with E-state index in [9.17, 15) is 73.6 Å². The smallest absolute Gasteiger partial charge is 0.410 e. The number of likely N-dealkylation sites (N-methyl/N-ethyl adjacent to an activating group) is 1. The van der Waals surface area contributed by atoms with Crippen molar-refractivity contribution < 1.29 is 121 Å². The second kappa shape index (κ2) is 35.8. The number of aromatic hydroxyl groups is 1. The van der Waals surface area contributed by atoms with Gasteiger partial charge in [-0.05, 0) is 207 Å². The maximum Gasteiger partial charge on any atom is 0.410 e. The van der Waals surface area contributed by atoms with Gasteiger partial charge in [-0.2, -0.15) is 0 Å². The second-order valence-electron chi connectivity index (χ2n) is 33.4. The van der Waals surface area contributed by atoms with Crippen LogP contribution in [0.25, 0.3) is 11.1 Å². The van der Waals surface area contributed by atoms with Crippen molar-refractivity contribution in [1.82, 2.24) is 41.5 Å². The number of phenols is 1. The molecule has 1 saturated heterocycles. The van der Waals surface area contributed by atoms with Crippen LogP contribution in [0.2, 0.25) is 10.0 Å². The third-order valence-corrected chi connectivity index (χ3v) is 25.1. The first-order valence-corrected chi connectivity index (χ1v) is 42.1. The first-order chi connectivity index (χ1) is 57.2. The lowest BCUT2D eigenvalue weighted by atomic mass is 9.79. The van der Waals surface area contributed by atoms with Crippen molar-refractivity contribution in [3.05, 3.63) is 152 Å². The van der Waals surface area contributed by atoms with Gasteiger partial charge in [0.2, 0.25) is 59.2 Å². The Balaban J connectivity index is 0.985. The molecule has 10 aliphatic rings. The van der Waals surface area contributed by atoms with E-state index in [2.05, 4.69) is 31.9 Å². The van der Waals surface area contributed by atoms with Crippen LogP contribution in [0.5, 0.6) is 40.2 Å². The molecule has 37 heteroatoms. The third-order valence-electron chi connectivity index (χ3n) is 23.1. The van der Waals surface area contributed by atoms with E-state index < -0.39 is 202 Å². The van der Waals surface area contributed by atoms with Gasteiger partial charge in [-0.25, -0.2) is 17.9 Å². The number of rotatable bonds is 19. The Bertz CT molecular complexity index is 5110. The first kappa shape index (κ1) is 88.8. The maximum atomic E-state index is 16.1. The minimum atomic E-state index is -4.87. The van der Waals surface area contributed by atoms with Crippen molar-refractivity contribution >= 4 is 80.7 Å². The van der Waals surface area contributed by atoms with Crippen molar-refractivity contribution in [2.45, 2.75) is 201 Å². The van der Waals surface area contributed by atoms with Crippen molar-refractivity contribution in [2.75, 3.05) is 26.8 Å². The summed E-state index contributed by atoms with van der Waals surface area (Å²) in [6.07, 6.45) is -11.9. The van der Waals surface area contributed by atoms with E-state index in [4.69, 9.17) is 57.4 Å². The molecule has 5 fully saturated rings. The molecule has 5 heterocycles. The lowest BCUT2D eigenvalue weighted by Gasteiger charge is -2.39. The molecule has 8 amide bonds. The number of unbranched alkanes of at least 4 members (excludes halogenated alkanes) is 1. The summed E-state index contributed by atoms with van der Waals surface area (Å²) in [6, 6.07) is 8.96. The summed E-state index contributed by atoms with van der Waals surface area (Å²) in [5.74, 6) is -13.0. The zero-order valence-corrected chi connectivity index (χ0v) is 69.3. The molecule has 18 unspecified atom stereocenters. The number of fused-ring (bicyclic) bond motifs is 16.